The van der Waals surface area contributed by atoms with Crippen molar-refractivity contribution in [2.45, 2.75) is 24.4 Å². The molecule has 3 aliphatic heterocycles. The van der Waals surface area contributed by atoms with E-state index in [0.717, 1.165) is 22.3 Å². The number of rotatable bonds is 7. The molecular formula is C37H30N2O4. The Bertz CT molecular complexity index is 1810. The summed E-state index contributed by atoms with van der Waals surface area (Å²) in [6, 6.07) is 28.2. The highest BCUT2D eigenvalue weighted by Gasteiger charge is 2.70. The van der Waals surface area contributed by atoms with Gasteiger partial charge in [0.2, 0.25) is 5.91 Å². The molecule has 0 bridgehead atoms. The molecule has 3 aliphatic rings. The second-order valence-electron chi connectivity index (χ2n) is 11.3. The van der Waals surface area contributed by atoms with Crippen molar-refractivity contribution in [2.75, 3.05) is 11.9 Å². The third-order valence-electron chi connectivity index (χ3n) is 8.96. The molecule has 212 valence electrons. The van der Waals surface area contributed by atoms with Gasteiger partial charge >= 0.3 is 0 Å². The molecule has 6 nitrogen and oxygen atoms in total. The second kappa shape index (κ2) is 10.2. The lowest BCUT2D eigenvalue weighted by Crippen LogP contribution is -2.49. The highest BCUT2D eigenvalue weighted by atomic mass is 16.5. The van der Waals surface area contributed by atoms with Gasteiger partial charge in [-0.3, -0.25) is 14.4 Å². The van der Waals surface area contributed by atoms with Crippen LogP contribution in [-0.4, -0.2) is 35.0 Å². The average molecular weight is 567 g/mol. The number of nitrogens with one attached hydrogen (secondary N) is 1. The molecule has 0 unspecified atom stereocenters. The van der Waals surface area contributed by atoms with Gasteiger partial charge in [-0.05, 0) is 60.0 Å². The van der Waals surface area contributed by atoms with Crippen molar-refractivity contribution < 1.29 is 19.1 Å². The molecule has 1 saturated heterocycles. The highest BCUT2D eigenvalue weighted by Crippen LogP contribution is 2.62. The molecule has 0 saturated carbocycles. The average Bonchev–Trinajstić information content (AvgIpc) is 3.52. The summed E-state index contributed by atoms with van der Waals surface area (Å²) in [4.78, 5) is 46.0. The Morgan fingerprint density at radius 2 is 1.58 bits per heavy atom. The van der Waals surface area contributed by atoms with Gasteiger partial charge in [0.1, 0.15) is 23.8 Å². The number of aryl methyl sites for hydroxylation is 1. The Morgan fingerprint density at radius 1 is 0.907 bits per heavy atom. The third kappa shape index (κ3) is 3.97. The highest BCUT2D eigenvalue weighted by molar-refractivity contribution is 6.16. The lowest BCUT2D eigenvalue weighted by molar-refractivity contribution is -0.122. The molecule has 0 aliphatic carbocycles. The van der Waals surface area contributed by atoms with Crippen molar-refractivity contribution in [1.29, 1.82) is 0 Å². The molecule has 1 amide bonds. The summed E-state index contributed by atoms with van der Waals surface area (Å²) >= 11 is 0. The van der Waals surface area contributed by atoms with Gasteiger partial charge in [-0.1, -0.05) is 84.9 Å². The molecule has 0 aromatic heterocycles. The first-order valence-electron chi connectivity index (χ1n) is 14.4. The van der Waals surface area contributed by atoms with Gasteiger partial charge in [0.05, 0.1) is 12.0 Å². The van der Waals surface area contributed by atoms with E-state index in [2.05, 4.69) is 11.9 Å². The maximum absolute atomic E-state index is 14.9. The van der Waals surface area contributed by atoms with E-state index >= 15 is 0 Å². The van der Waals surface area contributed by atoms with Gasteiger partial charge in [-0.25, -0.2) is 0 Å². The molecule has 4 aromatic carbocycles. The van der Waals surface area contributed by atoms with E-state index in [1.807, 2.05) is 84.8 Å². The first kappa shape index (κ1) is 26.7. The van der Waals surface area contributed by atoms with Crippen molar-refractivity contribution in [3.8, 4) is 5.75 Å². The Kier molecular flexibility index (Phi) is 6.35. The minimum absolute atomic E-state index is 0.202. The number of benzene rings is 4. The SMILES string of the molecule is C=CCOc1ccc(C(=O)[C@@H]2[C@H](C(=O)c3ccc(C)cc3)N3C=Cc4ccccc4[C@@H]3[C@@]23C(=O)Nc2ccccc23)cc1. The van der Waals surface area contributed by atoms with Crippen LogP contribution in [0.1, 0.15) is 49.0 Å². The zero-order valence-corrected chi connectivity index (χ0v) is 23.7. The van der Waals surface area contributed by atoms with E-state index in [4.69, 9.17) is 4.74 Å². The van der Waals surface area contributed by atoms with Crippen LogP contribution in [0.4, 0.5) is 5.69 Å². The molecule has 4 atom stereocenters. The molecule has 1 N–H and O–H groups in total. The molecule has 3 heterocycles. The molecule has 4 aromatic rings. The van der Waals surface area contributed by atoms with Crippen LogP contribution in [0.3, 0.4) is 0 Å². The van der Waals surface area contributed by atoms with Crippen molar-refractivity contribution in [3.05, 3.63) is 149 Å². The zero-order chi connectivity index (χ0) is 29.7. The number of fused-ring (bicyclic) bond motifs is 6. The predicted molar refractivity (Wildman–Crippen MR) is 166 cm³/mol. The monoisotopic (exact) mass is 566 g/mol. The lowest BCUT2D eigenvalue weighted by atomic mass is 9.62. The van der Waals surface area contributed by atoms with Gasteiger partial charge in [-0.15, -0.1) is 0 Å². The Balaban J connectivity index is 1.47. The summed E-state index contributed by atoms with van der Waals surface area (Å²) in [7, 11) is 0. The summed E-state index contributed by atoms with van der Waals surface area (Å²) in [5.74, 6) is -1.17. The van der Waals surface area contributed by atoms with Crippen LogP contribution in [0.2, 0.25) is 0 Å². The molecule has 7 rings (SSSR count). The normalized spacial score (nSPS) is 22.9. The van der Waals surface area contributed by atoms with E-state index in [1.165, 1.54) is 0 Å². The van der Waals surface area contributed by atoms with E-state index in [0.29, 0.717) is 29.2 Å². The van der Waals surface area contributed by atoms with Gasteiger partial charge in [0.15, 0.2) is 11.6 Å². The van der Waals surface area contributed by atoms with Gasteiger partial charge in [0, 0.05) is 23.0 Å². The van der Waals surface area contributed by atoms with Gasteiger partial charge in [-0.2, -0.15) is 0 Å². The maximum Gasteiger partial charge on any atom is 0.238 e. The van der Waals surface area contributed by atoms with Crippen molar-refractivity contribution in [3.63, 3.8) is 0 Å². The van der Waals surface area contributed by atoms with Crippen molar-refractivity contribution in [1.82, 2.24) is 4.90 Å². The Hall–Kier alpha value is -5.23. The maximum atomic E-state index is 14.9. The fourth-order valence-electron chi connectivity index (χ4n) is 7.11. The molecule has 0 radical (unpaired) electrons. The number of hydrogen-bond donors (Lipinski definition) is 1. The van der Waals surface area contributed by atoms with Gasteiger partial charge in [0.25, 0.3) is 0 Å². The molecule has 1 spiro atoms. The zero-order valence-electron chi connectivity index (χ0n) is 23.7. The Morgan fingerprint density at radius 3 is 2.35 bits per heavy atom. The molecule has 1 fully saturated rings. The fourth-order valence-corrected chi connectivity index (χ4v) is 7.11. The van der Waals surface area contributed by atoms with Crippen molar-refractivity contribution >= 4 is 29.2 Å². The standard InChI is InChI=1S/C37H30N2O4/c1-3-22-43-27-18-16-25(17-19-27)33(40)31-32(34(41)26-14-12-23(2)13-15-26)39-21-20-24-8-4-5-9-28(24)35(39)37(31)29-10-6-7-11-30(29)38-36(37)42/h3-21,31-32,35H,1,22H2,2H3,(H,38,42)/t31-,32+,35+,37-/m0/s1. The van der Waals surface area contributed by atoms with E-state index in [9.17, 15) is 14.4 Å². The number of nitrogens with zero attached hydrogens (tertiary/aromatic N) is 1. The summed E-state index contributed by atoms with van der Waals surface area (Å²) < 4.78 is 5.65. The van der Waals surface area contributed by atoms with Crippen LogP contribution in [0, 0.1) is 12.8 Å². The number of anilines is 1. The molecule has 43 heavy (non-hydrogen) atoms. The number of carbonyl (C=O) groups excluding carboxylic acids is 3. The molecule has 6 heteroatoms. The second-order valence-corrected chi connectivity index (χ2v) is 11.3. The van der Waals surface area contributed by atoms with Crippen LogP contribution < -0.4 is 10.1 Å². The number of amides is 1. The van der Waals surface area contributed by atoms with E-state index in [-0.39, 0.29) is 17.5 Å². The molecular weight excluding hydrogens is 536 g/mol. The number of para-hydroxylation sites is 1. The number of ether oxygens (including phenoxy) is 1. The largest absolute Gasteiger partial charge is 0.490 e. The van der Waals surface area contributed by atoms with Gasteiger partial charge < -0.3 is 15.0 Å². The van der Waals surface area contributed by atoms with Crippen LogP contribution in [0.15, 0.2) is 116 Å². The summed E-state index contributed by atoms with van der Waals surface area (Å²) in [6.07, 6.45) is 5.51. The summed E-state index contributed by atoms with van der Waals surface area (Å²) in [5.41, 5.74) is 3.82. The number of carbonyl (C=O) groups is 3. The van der Waals surface area contributed by atoms with Crippen LogP contribution in [-0.2, 0) is 10.2 Å². The number of Topliss-reactive ketones (excluding diaryl/α,β-unsaturated/α-hetero) is 2. The van der Waals surface area contributed by atoms with Crippen LogP contribution in [0.5, 0.6) is 5.75 Å². The predicted octanol–water partition coefficient (Wildman–Crippen LogP) is 6.54. The third-order valence-corrected chi connectivity index (χ3v) is 8.96. The number of ketones is 2. The summed E-state index contributed by atoms with van der Waals surface area (Å²) in [6.45, 7) is 5.99. The lowest BCUT2D eigenvalue weighted by Gasteiger charge is -2.38. The fraction of sp³-hybridized carbons (Fsp3) is 0.162. The minimum Gasteiger partial charge on any atom is -0.490 e. The number of hydrogen-bond acceptors (Lipinski definition) is 5. The Labute approximate surface area is 250 Å². The summed E-state index contributed by atoms with van der Waals surface area (Å²) in [5, 5.41) is 3.09. The van der Waals surface area contributed by atoms with Crippen LogP contribution >= 0.6 is 0 Å². The van der Waals surface area contributed by atoms with Crippen LogP contribution in [0.25, 0.3) is 6.08 Å². The first-order chi connectivity index (χ1) is 20.9. The van der Waals surface area contributed by atoms with E-state index in [1.54, 1.807) is 42.5 Å². The van der Waals surface area contributed by atoms with Crippen molar-refractivity contribution in [2.24, 2.45) is 5.92 Å². The minimum atomic E-state index is -1.36. The quantitative estimate of drug-likeness (QED) is 0.203. The topological polar surface area (TPSA) is 75.7 Å². The van der Waals surface area contributed by atoms with E-state index < -0.39 is 23.4 Å². The first-order valence-corrected chi connectivity index (χ1v) is 14.4. The smallest absolute Gasteiger partial charge is 0.238 e.